The van der Waals surface area contributed by atoms with E-state index in [1.807, 2.05) is 0 Å². The monoisotopic (exact) mass is 886 g/mol. The summed E-state index contributed by atoms with van der Waals surface area (Å²) in [6.07, 6.45) is 60.6. The Morgan fingerprint density at radius 2 is 0.810 bits per heavy atom. The molecule has 0 saturated heterocycles. The summed E-state index contributed by atoms with van der Waals surface area (Å²) in [6.45, 7) is 6.47. The van der Waals surface area contributed by atoms with Gasteiger partial charge in [0.25, 0.3) is 0 Å². The van der Waals surface area contributed by atoms with Gasteiger partial charge in [-0.25, -0.2) is 0 Å². The number of aliphatic hydroxyl groups excluding tert-OH is 2. The molecule has 0 heterocycles. The number of amides is 1. The molecule has 0 aliphatic heterocycles. The number of allylic oxidation sites excluding steroid dienone is 6. The SMILES string of the molecule is CCCCC/C=C\C/C=C\C/C=C\CCCCCCC(CC(=O)NC(CO)C(O)CCCCCCCCCCCCCCC)OC(=O)CCCCCCCCCCCCCCCC. The van der Waals surface area contributed by atoms with Crippen LogP contribution in [0.2, 0.25) is 0 Å². The number of carbonyl (C=O) groups excluding carboxylic acids is 2. The zero-order valence-electron chi connectivity index (χ0n) is 42.2. The lowest BCUT2D eigenvalue weighted by Crippen LogP contribution is -2.46. The van der Waals surface area contributed by atoms with E-state index in [0.717, 1.165) is 83.5 Å². The number of nitrogens with one attached hydrogen (secondary N) is 1. The summed E-state index contributed by atoms with van der Waals surface area (Å²) in [5.41, 5.74) is 0. The van der Waals surface area contributed by atoms with E-state index in [9.17, 15) is 19.8 Å². The summed E-state index contributed by atoms with van der Waals surface area (Å²) in [6, 6.07) is -0.706. The maximum atomic E-state index is 13.2. The first-order valence-electron chi connectivity index (χ1n) is 27.7. The van der Waals surface area contributed by atoms with Gasteiger partial charge in [-0.1, -0.05) is 250 Å². The van der Waals surface area contributed by atoms with Crippen molar-refractivity contribution in [3.8, 4) is 0 Å². The van der Waals surface area contributed by atoms with E-state index in [2.05, 4.69) is 62.5 Å². The fraction of sp³-hybridized carbons (Fsp3) is 0.860. The molecule has 0 aromatic carbocycles. The van der Waals surface area contributed by atoms with E-state index in [1.54, 1.807) is 0 Å². The summed E-state index contributed by atoms with van der Waals surface area (Å²) < 4.78 is 5.95. The van der Waals surface area contributed by atoms with Gasteiger partial charge in [0.1, 0.15) is 6.10 Å². The fourth-order valence-electron chi connectivity index (χ4n) is 8.50. The summed E-state index contributed by atoms with van der Waals surface area (Å²) in [5.74, 6) is -0.481. The molecule has 0 rings (SSSR count). The van der Waals surface area contributed by atoms with Crippen molar-refractivity contribution in [3.63, 3.8) is 0 Å². The maximum absolute atomic E-state index is 13.2. The fourth-order valence-corrected chi connectivity index (χ4v) is 8.50. The van der Waals surface area contributed by atoms with Gasteiger partial charge in [-0.3, -0.25) is 9.59 Å². The molecule has 6 nitrogen and oxygen atoms in total. The number of hydrogen-bond acceptors (Lipinski definition) is 5. The van der Waals surface area contributed by atoms with Crippen LogP contribution in [0.4, 0.5) is 0 Å². The standard InChI is InChI=1S/C57H107NO5/c1-4-7-10-13-16-19-22-25-27-28-29-31-33-36-39-42-45-48-53(63-57(62)50-47-44-41-38-35-32-26-23-20-17-14-11-8-5-2)51-56(61)58-54(52-59)55(60)49-46-43-40-37-34-30-24-21-18-15-12-9-6-3/h16,19,25,27,29,31,53-55,59-60H,4-15,17-18,20-24,26,28,30,32-52H2,1-3H3,(H,58,61)/b19-16-,27-25-,31-29-. The molecule has 370 valence electrons. The molecule has 63 heavy (non-hydrogen) atoms. The highest BCUT2D eigenvalue weighted by atomic mass is 16.5. The first-order valence-corrected chi connectivity index (χ1v) is 27.7. The Bertz CT molecular complexity index is 1040. The molecule has 0 aliphatic rings. The van der Waals surface area contributed by atoms with Crippen LogP contribution >= 0.6 is 0 Å². The van der Waals surface area contributed by atoms with Crippen molar-refractivity contribution in [2.24, 2.45) is 0 Å². The average Bonchev–Trinajstić information content (AvgIpc) is 3.28. The molecule has 1 amide bonds. The second-order valence-electron chi connectivity index (χ2n) is 19.0. The summed E-state index contributed by atoms with van der Waals surface area (Å²) in [5, 5.41) is 23.8. The number of rotatable bonds is 50. The van der Waals surface area contributed by atoms with Crippen LogP contribution in [0, 0.1) is 0 Å². The topological polar surface area (TPSA) is 95.9 Å². The molecular weight excluding hydrogens is 779 g/mol. The van der Waals surface area contributed by atoms with Gasteiger partial charge in [-0.05, 0) is 64.2 Å². The van der Waals surface area contributed by atoms with Crippen LogP contribution in [0.25, 0.3) is 0 Å². The summed E-state index contributed by atoms with van der Waals surface area (Å²) >= 11 is 0. The summed E-state index contributed by atoms with van der Waals surface area (Å²) in [7, 11) is 0. The van der Waals surface area contributed by atoms with E-state index in [4.69, 9.17) is 4.74 Å². The molecule has 0 bridgehead atoms. The van der Waals surface area contributed by atoms with Gasteiger partial charge in [0, 0.05) is 6.42 Å². The largest absolute Gasteiger partial charge is 0.462 e. The highest BCUT2D eigenvalue weighted by Crippen LogP contribution is 2.18. The molecule has 6 heteroatoms. The lowest BCUT2D eigenvalue weighted by molar-refractivity contribution is -0.151. The molecule has 3 atom stereocenters. The van der Waals surface area contributed by atoms with Crippen LogP contribution < -0.4 is 5.32 Å². The zero-order chi connectivity index (χ0) is 45.9. The molecule has 0 spiro atoms. The highest BCUT2D eigenvalue weighted by Gasteiger charge is 2.24. The van der Waals surface area contributed by atoms with Crippen LogP contribution in [0.15, 0.2) is 36.5 Å². The van der Waals surface area contributed by atoms with E-state index in [0.29, 0.717) is 19.3 Å². The summed E-state index contributed by atoms with van der Waals surface area (Å²) in [4.78, 5) is 26.2. The molecule has 3 N–H and O–H groups in total. The van der Waals surface area contributed by atoms with Crippen molar-refractivity contribution < 1.29 is 24.5 Å². The van der Waals surface area contributed by atoms with Crippen LogP contribution in [0.3, 0.4) is 0 Å². The number of hydrogen-bond donors (Lipinski definition) is 3. The van der Waals surface area contributed by atoms with Crippen LogP contribution in [-0.2, 0) is 14.3 Å². The number of esters is 1. The van der Waals surface area contributed by atoms with Gasteiger partial charge >= 0.3 is 5.97 Å². The van der Waals surface area contributed by atoms with Crippen molar-refractivity contribution in [3.05, 3.63) is 36.5 Å². The second kappa shape index (κ2) is 51.1. The molecule has 0 aromatic heterocycles. The second-order valence-corrected chi connectivity index (χ2v) is 19.0. The molecule has 0 saturated carbocycles. The van der Waals surface area contributed by atoms with Crippen molar-refractivity contribution in [1.29, 1.82) is 0 Å². The van der Waals surface area contributed by atoms with Crippen molar-refractivity contribution >= 4 is 11.9 Å². The molecule has 0 fully saturated rings. The Labute approximate surface area is 392 Å². The van der Waals surface area contributed by atoms with Crippen molar-refractivity contribution in [2.75, 3.05) is 6.61 Å². The predicted molar refractivity (Wildman–Crippen MR) is 273 cm³/mol. The predicted octanol–water partition coefficient (Wildman–Crippen LogP) is 16.8. The van der Waals surface area contributed by atoms with Gasteiger partial charge < -0.3 is 20.3 Å². The third kappa shape index (κ3) is 46.4. The lowest BCUT2D eigenvalue weighted by atomic mass is 10.0. The number of carbonyl (C=O) groups is 2. The first kappa shape index (κ1) is 61.1. The van der Waals surface area contributed by atoms with Gasteiger partial charge in [0.15, 0.2) is 0 Å². The zero-order valence-corrected chi connectivity index (χ0v) is 42.2. The normalized spacial score (nSPS) is 13.4. The molecule has 3 unspecified atom stereocenters. The quantitative estimate of drug-likeness (QED) is 0.0321. The molecule has 0 radical (unpaired) electrons. The number of aliphatic hydroxyl groups is 2. The smallest absolute Gasteiger partial charge is 0.306 e. The minimum Gasteiger partial charge on any atom is -0.462 e. The van der Waals surface area contributed by atoms with Gasteiger partial charge in [-0.15, -0.1) is 0 Å². The average molecular weight is 886 g/mol. The van der Waals surface area contributed by atoms with E-state index in [1.165, 1.54) is 161 Å². The third-order valence-corrected chi connectivity index (χ3v) is 12.7. The van der Waals surface area contributed by atoms with Crippen LogP contribution in [-0.4, -0.2) is 46.9 Å². The Morgan fingerprint density at radius 1 is 0.460 bits per heavy atom. The van der Waals surface area contributed by atoms with Gasteiger partial charge in [0.2, 0.25) is 5.91 Å². The van der Waals surface area contributed by atoms with E-state index < -0.39 is 18.2 Å². The van der Waals surface area contributed by atoms with Crippen LogP contribution in [0.5, 0.6) is 0 Å². The van der Waals surface area contributed by atoms with Gasteiger partial charge in [0.05, 0.1) is 25.2 Å². The lowest BCUT2D eigenvalue weighted by Gasteiger charge is -2.24. The van der Waals surface area contributed by atoms with Crippen molar-refractivity contribution in [2.45, 2.75) is 309 Å². The van der Waals surface area contributed by atoms with Crippen molar-refractivity contribution in [1.82, 2.24) is 5.32 Å². The highest BCUT2D eigenvalue weighted by molar-refractivity contribution is 5.77. The molecular formula is C57H107NO5. The third-order valence-electron chi connectivity index (χ3n) is 12.7. The molecule has 0 aliphatic carbocycles. The Hall–Kier alpha value is -1.92. The Morgan fingerprint density at radius 3 is 1.25 bits per heavy atom. The number of ether oxygens (including phenoxy) is 1. The first-order chi connectivity index (χ1) is 31.0. The maximum Gasteiger partial charge on any atom is 0.306 e. The van der Waals surface area contributed by atoms with Crippen LogP contribution in [0.1, 0.15) is 290 Å². The van der Waals surface area contributed by atoms with E-state index >= 15 is 0 Å². The van der Waals surface area contributed by atoms with Gasteiger partial charge in [-0.2, -0.15) is 0 Å². The molecule has 0 aromatic rings. The minimum atomic E-state index is -0.791. The number of unbranched alkanes of at least 4 members (excludes halogenated alkanes) is 32. The minimum absolute atomic E-state index is 0.0668. The van der Waals surface area contributed by atoms with E-state index in [-0.39, 0.29) is 24.9 Å². The Balaban J connectivity index is 4.60. The Kier molecular flexibility index (Phi) is 49.5.